The Morgan fingerprint density at radius 1 is 1.17 bits per heavy atom. The number of nitrogens with zero attached hydrogens (tertiary/aromatic N) is 3. The molecule has 1 aromatic heterocycles. The van der Waals surface area contributed by atoms with Gasteiger partial charge in [-0.2, -0.15) is 5.10 Å². The van der Waals surface area contributed by atoms with Crippen molar-refractivity contribution in [3.8, 4) is 0 Å². The molecule has 5 heteroatoms. The van der Waals surface area contributed by atoms with E-state index in [0.29, 0.717) is 12.2 Å². The van der Waals surface area contributed by atoms with Gasteiger partial charge in [-0.05, 0) is 63.4 Å². The molecule has 0 atom stereocenters. The van der Waals surface area contributed by atoms with Crippen LogP contribution >= 0.6 is 0 Å². The zero-order valence-electron chi connectivity index (χ0n) is 13.9. The Kier molecular flexibility index (Phi) is 4.65. The molecule has 0 radical (unpaired) electrons. The Balaban J connectivity index is 1.69. The van der Waals surface area contributed by atoms with Crippen molar-refractivity contribution in [2.75, 3.05) is 23.3 Å². The van der Waals surface area contributed by atoms with Crippen molar-refractivity contribution in [3.63, 3.8) is 0 Å². The van der Waals surface area contributed by atoms with E-state index in [4.69, 9.17) is 0 Å². The summed E-state index contributed by atoms with van der Waals surface area (Å²) >= 11 is 0. The number of nitrogens with one attached hydrogen (secondary N) is 1. The minimum absolute atomic E-state index is 0.113. The quantitative estimate of drug-likeness (QED) is 0.940. The van der Waals surface area contributed by atoms with E-state index in [1.165, 1.54) is 24.9 Å². The van der Waals surface area contributed by atoms with Crippen LogP contribution in [0.4, 0.5) is 11.4 Å². The van der Waals surface area contributed by atoms with E-state index in [1.807, 2.05) is 32.0 Å². The van der Waals surface area contributed by atoms with Crippen LogP contribution in [0.1, 0.15) is 42.4 Å². The second-order valence-electron chi connectivity index (χ2n) is 6.04. The molecule has 1 saturated heterocycles. The highest BCUT2D eigenvalue weighted by atomic mass is 16.2. The average molecular weight is 312 g/mol. The zero-order chi connectivity index (χ0) is 16.2. The van der Waals surface area contributed by atoms with Crippen molar-refractivity contribution >= 4 is 17.3 Å². The number of anilines is 2. The van der Waals surface area contributed by atoms with Crippen LogP contribution in [-0.2, 0) is 6.54 Å². The summed E-state index contributed by atoms with van der Waals surface area (Å²) < 4.78 is 1.73. The van der Waals surface area contributed by atoms with Gasteiger partial charge in [-0.25, -0.2) is 0 Å². The molecule has 3 rings (SSSR count). The summed E-state index contributed by atoms with van der Waals surface area (Å²) in [5.74, 6) is -0.113. The molecule has 2 heterocycles. The minimum atomic E-state index is -0.113. The van der Waals surface area contributed by atoms with Crippen molar-refractivity contribution in [2.45, 2.75) is 39.7 Å². The summed E-state index contributed by atoms with van der Waals surface area (Å²) in [4.78, 5) is 14.8. The number of carbonyl (C=O) groups excluding carboxylic acids is 1. The van der Waals surface area contributed by atoms with Crippen LogP contribution in [0.2, 0.25) is 0 Å². The second kappa shape index (κ2) is 6.86. The average Bonchev–Trinajstić information content (AvgIpc) is 2.97. The standard InChI is InChI=1S/C18H24N4O/c1-3-22-17(13-14(2)20-22)18(23)19-15-7-9-16(10-8-15)21-11-5-4-6-12-21/h7-10,13H,3-6,11-12H2,1-2H3,(H,19,23). The highest BCUT2D eigenvalue weighted by molar-refractivity contribution is 6.03. The second-order valence-corrected chi connectivity index (χ2v) is 6.04. The van der Waals surface area contributed by atoms with Crippen LogP contribution in [0.15, 0.2) is 30.3 Å². The van der Waals surface area contributed by atoms with E-state index >= 15 is 0 Å². The van der Waals surface area contributed by atoms with Crippen molar-refractivity contribution in [1.82, 2.24) is 9.78 Å². The fraction of sp³-hybridized carbons (Fsp3) is 0.444. The van der Waals surface area contributed by atoms with Crippen LogP contribution in [0.25, 0.3) is 0 Å². The van der Waals surface area contributed by atoms with Gasteiger partial charge in [-0.1, -0.05) is 0 Å². The van der Waals surface area contributed by atoms with Gasteiger partial charge < -0.3 is 10.2 Å². The summed E-state index contributed by atoms with van der Waals surface area (Å²) in [5, 5.41) is 7.27. The molecule has 2 aromatic rings. The van der Waals surface area contributed by atoms with Crippen molar-refractivity contribution < 1.29 is 4.79 Å². The van der Waals surface area contributed by atoms with Gasteiger partial charge in [0.25, 0.3) is 5.91 Å². The molecular weight excluding hydrogens is 288 g/mol. The van der Waals surface area contributed by atoms with E-state index in [1.54, 1.807) is 4.68 Å². The fourth-order valence-corrected chi connectivity index (χ4v) is 3.07. The number of benzene rings is 1. The zero-order valence-corrected chi connectivity index (χ0v) is 13.9. The Bertz CT molecular complexity index is 669. The van der Waals surface area contributed by atoms with Gasteiger partial charge in [-0.3, -0.25) is 9.48 Å². The first kappa shape index (κ1) is 15.6. The summed E-state index contributed by atoms with van der Waals surface area (Å²) in [5.41, 5.74) is 3.51. The van der Waals surface area contributed by atoms with E-state index in [0.717, 1.165) is 24.5 Å². The summed E-state index contributed by atoms with van der Waals surface area (Å²) in [6.07, 6.45) is 3.85. The minimum Gasteiger partial charge on any atom is -0.372 e. The molecule has 0 saturated carbocycles. The smallest absolute Gasteiger partial charge is 0.273 e. The maximum Gasteiger partial charge on any atom is 0.273 e. The molecule has 1 aliphatic rings. The Morgan fingerprint density at radius 3 is 2.52 bits per heavy atom. The first-order valence-corrected chi connectivity index (χ1v) is 8.38. The van der Waals surface area contributed by atoms with Crippen LogP contribution in [0, 0.1) is 6.92 Å². The molecule has 0 bridgehead atoms. The van der Waals surface area contributed by atoms with Gasteiger partial charge >= 0.3 is 0 Å². The number of rotatable bonds is 4. The molecule has 1 N–H and O–H groups in total. The monoisotopic (exact) mass is 312 g/mol. The van der Waals surface area contributed by atoms with Crippen LogP contribution in [0.3, 0.4) is 0 Å². The third kappa shape index (κ3) is 3.55. The molecule has 1 aromatic carbocycles. The van der Waals surface area contributed by atoms with Gasteiger partial charge in [0.05, 0.1) is 5.69 Å². The van der Waals surface area contributed by atoms with E-state index in [9.17, 15) is 4.79 Å². The lowest BCUT2D eigenvalue weighted by Crippen LogP contribution is -2.29. The summed E-state index contributed by atoms with van der Waals surface area (Å²) in [7, 11) is 0. The Labute approximate surface area is 137 Å². The van der Waals surface area contributed by atoms with Gasteiger partial charge in [0, 0.05) is 31.0 Å². The van der Waals surface area contributed by atoms with Crippen molar-refractivity contribution in [3.05, 3.63) is 41.7 Å². The first-order valence-electron chi connectivity index (χ1n) is 8.38. The summed E-state index contributed by atoms with van der Waals surface area (Å²) in [6, 6.07) is 9.94. The van der Waals surface area contributed by atoms with E-state index in [-0.39, 0.29) is 5.91 Å². The molecule has 0 spiro atoms. The number of hydrogen-bond donors (Lipinski definition) is 1. The predicted octanol–water partition coefficient (Wildman–Crippen LogP) is 3.45. The van der Waals surface area contributed by atoms with Crippen LogP contribution in [0.5, 0.6) is 0 Å². The first-order chi connectivity index (χ1) is 11.2. The third-order valence-corrected chi connectivity index (χ3v) is 4.28. The highest BCUT2D eigenvalue weighted by Crippen LogP contribution is 2.22. The Hall–Kier alpha value is -2.30. The molecule has 0 aliphatic carbocycles. The number of amides is 1. The normalized spacial score (nSPS) is 14.8. The number of hydrogen-bond acceptors (Lipinski definition) is 3. The number of piperidine rings is 1. The van der Waals surface area contributed by atoms with E-state index < -0.39 is 0 Å². The maximum atomic E-state index is 12.4. The molecule has 5 nitrogen and oxygen atoms in total. The number of aryl methyl sites for hydroxylation is 2. The van der Waals surface area contributed by atoms with Crippen molar-refractivity contribution in [1.29, 1.82) is 0 Å². The predicted molar refractivity (Wildman–Crippen MR) is 93.1 cm³/mol. The lowest BCUT2D eigenvalue weighted by Gasteiger charge is -2.28. The van der Waals surface area contributed by atoms with Gasteiger partial charge in [0.15, 0.2) is 0 Å². The van der Waals surface area contributed by atoms with E-state index in [2.05, 4.69) is 27.4 Å². The molecule has 0 unspecified atom stereocenters. The maximum absolute atomic E-state index is 12.4. The molecule has 1 amide bonds. The summed E-state index contributed by atoms with van der Waals surface area (Å²) in [6.45, 7) is 6.82. The SMILES string of the molecule is CCn1nc(C)cc1C(=O)Nc1ccc(N2CCCCC2)cc1. The number of carbonyl (C=O) groups is 1. The molecule has 1 aliphatic heterocycles. The van der Waals surface area contributed by atoms with Crippen molar-refractivity contribution in [2.24, 2.45) is 0 Å². The third-order valence-electron chi connectivity index (χ3n) is 4.28. The molecule has 1 fully saturated rings. The highest BCUT2D eigenvalue weighted by Gasteiger charge is 2.14. The van der Waals surface area contributed by atoms with Gasteiger partial charge in [0.2, 0.25) is 0 Å². The molecule has 122 valence electrons. The van der Waals surface area contributed by atoms with Gasteiger partial charge in [-0.15, -0.1) is 0 Å². The largest absolute Gasteiger partial charge is 0.372 e. The fourth-order valence-electron chi connectivity index (χ4n) is 3.07. The lowest BCUT2D eigenvalue weighted by atomic mass is 10.1. The molecular formula is C18H24N4O. The Morgan fingerprint density at radius 2 is 1.87 bits per heavy atom. The molecule has 23 heavy (non-hydrogen) atoms. The van der Waals surface area contributed by atoms with Gasteiger partial charge in [0.1, 0.15) is 5.69 Å². The number of aromatic nitrogens is 2. The van der Waals surface area contributed by atoms with Crippen LogP contribution < -0.4 is 10.2 Å². The topological polar surface area (TPSA) is 50.2 Å². The lowest BCUT2D eigenvalue weighted by molar-refractivity contribution is 0.101. The van der Waals surface area contributed by atoms with Crippen LogP contribution in [-0.4, -0.2) is 28.8 Å².